The van der Waals surface area contributed by atoms with Gasteiger partial charge in [-0.25, -0.2) is 0 Å². The normalized spacial score (nSPS) is 21.8. The lowest BCUT2D eigenvalue weighted by atomic mass is 9.77. The molecule has 0 aromatic heterocycles. The van der Waals surface area contributed by atoms with E-state index in [2.05, 4.69) is 5.32 Å². The topological polar surface area (TPSA) is 129 Å². The van der Waals surface area contributed by atoms with Crippen LogP contribution in [0.4, 0.5) is 13.2 Å². The van der Waals surface area contributed by atoms with E-state index >= 15 is 0 Å². The highest BCUT2D eigenvalue weighted by atomic mass is 19.4. The van der Waals surface area contributed by atoms with Crippen molar-refractivity contribution < 1.29 is 47.6 Å². The number of fused-ring (bicyclic) bond motifs is 3. The van der Waals surface area contributed by atoms with Crippen LogP contribution in [0.3, 0.4) is 0 Å². The number of hydrogen-bond acceptors (Lipinski definition) is 7. The molecule has 0 unspecified atom stereocenters. The maximum atomic E-state index is 13.7. The Balaban J connectivity index is 1.80. The standard InChI is InChI=1S/C27H29F3N2O7/c1-38-20-10-16(13-34)9-17-22-18(26(37)31-7-8-33)12-19(23(36)25(22)39-24(17)20)32(14-27(28,29)30)21(35)11-15-5-3-2-4-6-15/h2-6,9-10,12,19,22-23,25,33-34,36H,7-8,11,13-14H2,1H3,(H,31,37)/t19-,22+,23+,25+/m1/s1. The van der Waals surface area contributed by atoms with Gasteiger partial charge in [0.25, 0.3) is 0 Å². The lowest BCUT2D eigenvalue weighted by Gasteiger charge is -2.41. The fourth-order valence-electron chi connectivity index (χ4n) is 5.04. The summed E-state index contributed by atoms with van der Waals surface area (Å²) >= 11 is 0. The van der Waals surface area contributed by atoms with Gasteiger partial charge in [-0.2, -0.15) is 13.2 Å². The smallest absolute Gasteiger partial charge is 0.406 e. The Bertz CT molecular complexity index is 1240. The second kappa shape index (κ2) is 11.6. The number of methoxy groups -OCH3 is 1. The van der Waals surface area contributed by atoms with E-state index in [0.717, 1.165) is 6.08 Å². The quantitative estimate of drug-likeness (QED) is 0.372. The van der Waals surface area contributed by atoms with Crippen LogP contribution < -0.4 is 14.8 Å². The van der Waals surface area contributed by atoms with Gasteiger partial charge < -0.3 is 35.0 Å². The number of ether oxygens (including phenoxy) is 2. The predicted molar refractivity (Wildman–Crippen MR) is 132 cm³/mol. The van der Waals surface area contributed by atoms with Crippen LogP contribution in [0, 0.1) is 0 Å². The molecule has 2 amide bonds. The molecule has 4 rings (SSSR count). The average molecular weight is 551 g/mol. The van der Waals surface area contributed by atoms with E-state index in [9.17, 15) is 38.1 Å². The van der Waals surface area contributed by atoms with Gasteiger partial charge in [-0.05, 0) is 29.3 Å². The summed E-state index contributed by atoms with van der Waals surface area (Å²) in [6.07, 6.45) is -6.89. The molecule has 0 fully saturated rings. The third-order valence-corrected chi connectivity index (χ3v) is 6.72. The molecule has 39 heavy (non-hydrogen) atoms. The molecular weight excluding hydrogens is 521 g/mol. The summed E-state index contributed by atoms with van der Waals surface area (Å²) in [5.74, 6) is -2.17. The highest BCUT2D eigenvalue weighted by molar-refractivity contribution is 5.96. The zero-order valence-corrected chi connectivity index (χ0v) is 21.0. The van der Waals surface area contributed by atoms with E-state index in [0.29, 0.717) is 21.6 Å². The Labute approximate surface area is 222 Å². The first kappa shape index (κ1) is 28.4. The Morgan fingerprint density at radius 1 is 1.13 bits per heavy atom. The molecule has 9 nitrogen and oxygen atoms in total. The molecule has 1 aliphatic carbocycles. The van der Waals surface area contributed by atoms with Crippen molar-refractivity contribution in [2.75, 3.05) is 26.8 Å². The van der Waals surface area contributed by atoms with Crippen LogP contribution >= 0.6 is 0 Å². The molecule has 0 radical (unpaired) electrons. The van der Waals surface area contributed by atoms with E-state index in [1.54, 1.807) is 36.4 Å². The summed E-state index contributed by atoms with van der Waals surface area (Å²) in [6.45, 7) is -2.54. The molecule has 4 N–H and O–H groups in total. The molecule has 2 aliphatic rings. The van der Waals surface area contributed by atoms with Crippen molar-refractivity contribution in [2.24, 2.45) is 0 Å². The van der Waals surface area contributed by atoms with Crippen LogP contribution in [0.15, 0.2) is 54.1 Å². The van der Waals surface area contributed by atoms with E-state index < -0.39 is 48.7 Å². The van der Waals surface area contributed by atoms with Gasteiger partial charge in [-0.1, -0.05) is 30.3 Å². The summed E-state index contributed by atoms with van der Waals surface area (Å²) in [6, 6.07) is 9.72. The van der Waals surface area contributed by atoms with Crippen molar-refractivity contribution in [3.8, 4) is 11.5 Å². The minimum atomic E-state index is -4.80. The maximum absolute atomic E-state index is 13.7. The van der Waals surface area contributed by atoms with Gasteiger partial charge in [-0.3, -0.25) is 9.59 Å². The number of nitrogens with zero attached hydrogens (tertiary/aromatic N) is 1. The third-order valence-electron chi connectivity index (χ3n) is 6.72. The summed E-state index contributed by atoms with van der Waals surface area (Å²) in [7, 11) is 1.36. The number of carbonyl (C=O) groups is 2. The molecule has 2 aromatic rings. The monoisotopic (exact) mass is 550 g/mol. The van der Waals surface area contributed by atoms with E-state index in [-0.39, 0.29) is 43.3 Å². The zero-order chi connectivity index (χ0) is 28.3. The first-order valence-corrected chi connectivity index (χ1v) is 12.2. The Morgan fingerprint density at radius 3 is 2.46 bits per heavy atom. The number of nitrogens with one attached hydrogen (secondary N) is 1. The number of carbonyl (C=O) groups excluding carboxylic acids is 2. The number of hydrogen-bond donors (Lipinski definition) is 4. The average Bonchev–Trinajstić information content (AvgIpc) is 3.30. The van der Waals surface area contributed by atoms with Crippen molar-refractivity contribution in [1.82, 2.24) is 10.2 Å². The number of aliphatic hydroxyl groups excluding tert-OH is 3. The number of alkyl halides is 3. The number of aliphatic hydroxyl groups is 3. The van der Waals surface area contributed by atoms with Gasteiger partial charge in [0.2, 0.25) is 11.8 Å². The van der Waals surface area contributed by atoms with E-state index in [4.69, 9.17) is 9.47 Å². The Morgan fingerprint density at radius 2 is 1.85 bits per heavy atom. The van der Waals surface area contributed by atoms with E-state index in [1.165, 1.54) is 13.2 Å². The summed E-state index contributed by atoms with van der Waals surface area (Å²) in [5.41, 5.74) is 1.26. The van der Waals surface area contributed by atoms with Gasteiger partial charge in [0.15, 0.2) is 11.5 Å². The molecule has 12 heteroatoms. The molecule has 0 saturated heterocycles. The molecule has 0 spiro atoms. The Hall–Kier alpha value is -3.61. The number of benzene rings is 2. The second-order valence-electron chi connectivity index (χ2n) is 9.32. The summed E-state index contributed by atoms with van der Waals surface area (Å²) in [4.78, 5) is 27.0. The largest absolute Gasteiger partial charge is 0.493 e. The molecule has 4 atom stereocenters. The fraction of sp³-hybridized carbons (Fsp3) is 0.407. The van der Waals surface area contributed by atoms with Crippen molar-refractivity contribution in [1.29, 1.82) is 0 Å². The van der Waals surface area contributed by atoms with Gasteiger partial charge in [0.1, 0.15) is 18.8 Å². The van der Waals surface area contributed by atoms with Crippen LogP contribution in [0.2, 0.25) is 0 Å². The molecular formula is C27H29F3N2O7. The molecule has 1 aliphatic heterocycles. The number of halogens is 3. The van der Waals surface area contributed by atoms with E-state index in [1.807, 2.05) is 0 Å². The molecule has 0 bridgehead atoms. The number of rotatable bonds is 9. The SMILES string of the molecule is COc1cc(CO)cc2c1O[C@@H]1[C@@H](O)[C@H](N(CC(F)(F)F)C(=O)Cc3ccccc3)C=C(C(=O)NCCO)[C@H]21. The third kappa shape index (κ3) is 6.02. The molecule has 2 aromatic carbocycles. The minimum absolute atomic E-state index is 0.0423. The van der Waals surface area contributed by atoms with Crippen molar-refractivity contribution in [2.45, 2.75) is 43.4 Å². The van der Waals surface area contributed by atoms with Crippen molar-refractivity contribution >= 4 is 11.8 Å². The first-order chi connectivity index (χ1) is 18.6. The van der Waals surface area contributed by atoms with Crippen LogP contribution in [-0.4, -0.2) is 83.3 Å². The predicted octanol–water partition coefficient (Wildman–Crippen LogP) is 1.44. The Kier molecular flexibility index (Phi) is 8.48. The van der Waals surface area contributed by atoms with Gasteiger partial charge in [0, 0.05) is 17.7 Å². The van der Waals surface area contributed by atoms with Gasteiger partial charge in [-0.15, -0.1) is 0 Å². The molecule has 0 saturated carbocycles. The minimum Gasteiger partial charge on any atom is -0.493 e. The molecule has 210 valence electrons. The highest BCUT2D eigenvalue weighted by Gasteiger charge is 2.52. The zero-order valence-electron chi connectivity index (χ0n) is 21.0. The van der Waals surface area contributed by atoms with Gasteiger partial charge in [0.05, 0.1) is 38.7 Å². The lowest BCUT2D eigenvalue weighted by molar-refractivity contribution is -0.169. The first-order valence-electron chi connectivity index (χ1n) is 12.2. The summed E-state index contributed by atoms with van der Waals surface area (Å²) < 4.78 is 52.5. The van der Waals surface area contributed by atoms with Crippen molar-refractivity contribution in [3.63, 3.8) is 0 Å². The van der Waals surface area contributed by atoms with Gasteiger partial charge >= 0.3 is 6.18 Å². The fourth-order valence-corrected chi connectivity index (χ4v) is 5.04. The maximum Gasteiger partial charge on any atom is 0.406 e. The van der Waals surface area contributed by atoms with Crippen LogP contribution in [0.25, 0.3) is 0 Å². The highest BCUT2D eigenvalue weighted by Crippen LogP contribution is 2.51. The summed E-state index contributed by atoms with van der Waals surface area (Å²) in [5, 5.41) is 32.8. The second-order valence-corrected chi connectivity index (χ2v) is 9.32. The molecule has 1 heterocycles. The van der Waals surface area contributed by atoms with Crippen LogP contribution in [0.5, 0.6) is 11.5 Å². The van der Waals surface area contributed by atoms with Crippen molar-refractivity contribution in [3.05, 3.63) is 70.8 Å². The van der Waals surface area contributed by atoms with Crippen LogP contribution in [-0.2, 0) is 22.6 Å². The lowest BCUT2D eigenvalue weighted by Crippen LogP contribution is -2.57. The number of amides is 2. The van der Waals surface area contributed by atoms with Crippen LogP contribution in [0.1, 0.15) is 22.6 Å².